The van der Waals surface area contributed by atoms with Gasteiger partial charge in [-0.2, -0.15) is 0 Å². The van der Waals surface area contributed by atoms with Crippen molar-refractivity contribution in [2.24, 2.45) is 0 Å². The minimum absolute atomic E-state index is 0.0800. The molecule has 1 aliphatic rings. The smallest absolute Gasteiger partial charge is 0.263 e. The number of carbonyl (C=O) groups is 1. The zero-order valence-electron chi connectivity index (χ0n) is 11.9. The third-order valence-electron chi connectivity index (χ3n) is 3.56. The van der Waals surface area contributed by atoms with Gasteiger partial charge in [0, 0.05) is 26.2 Å². The van der Waals surface area contributed by atoms with E-state index in [4.69, 9.17) is 4.74 Å². The average Bonchev–Trinajstić information content (AvgIpc) is 2.41. The molecule has 0 N–H and O–H groups in total. The molecular formula is C15H22N2O2. The lowest BCUT2D eigenvalue weighted by Crippen LogP contribution is -2.50. The average molecular weight is 262 g/mol. The van der Waals surface area contributed by atoms with E-state index in [1.54, 1.807) is 0 Å². The van der Waals surface area contributed by atoms with Crippen LogP contribution < -0.4 is 4.74 Å². The molecule has 2 rings (SSSR count). The van der Waals surface area contributed by atoms with Gasteiger partial charge in [0.2, 0.25) is 0 Å². The zero-order chi connectivity index (χ0) is 13.8. The normalized spacial score (nSPS) is 18.2. The van der Waals surface area contributed by atoms with E-state index in [9.17, 15) is 4.79 Å². The van der Waals surface area contributed by atoms with E-state index in [-0.39, 0.29) is 5.91 Å². The summed E-state index contributed by atoms with van der Waals surface area (Å²) in [5.74, 6) is 0.869. The quantitative estimate of drug-likeness (QED) is 0.828. The highest BCUT2D eigenvalue weighted by Crippen LogP contribution is 2.18. The van der Waals surface area contributed by atoms with Crippen LogP contribution in [0, 0.1) is 6.92 Å². The van der Waals surface area contributed by atoms with Crippen LogP contribution in [0.25, 0.3) is 0 Å². The molecule has 4 nitrogen and oxygen atoms in total. The zero-order valence-corrected chi connectivity index (χ0v) is 11.9. The molecule has 4 heteroatoms. The summed E-state index contributed by atoms with van der Waals surface area (Å²) in [4.78, 5) is 16.4. The molecule has 0 radical (unpaired) electrons. The second-order valence-corrected chi connectivity index (χ2v) is 5.15. The molecule has 104 valence electrons. The number of hydrogen-bond acceptors (Lipinski definition) is 3. The number of ether oxygens (including phenoxy) is 1. The van der Waals surface area contributed by atoms with Crippen LogP contribution in [-0.4, -0.2) is 55.0 Å². The van der Waals surface area contributed by atoms with Crippen LogP contribution in [0.2, 0.25) is 0 Å². The SMILES string of the molecule is Cc1ccccc1O[C@H](C)C(=O)N1CCN(C)CC1. The minimum Gasteiger partial charge on any atom is -0.481 e. The van der Waals surface area contributed by atoms with Gasteiger partial charge in [-0.25, -0.2) is 0 Å². The van der Waals surface area contributed by atoms with Gasteiger partial charge in [-0.15, -0.1) is 0 Å². The number of hydrogen-bond donors (Lipinski definition) is 0. The first-order valence-corrected chi connectivity index (χ1v) is 6.77. The van der Waals surface area contributed by atoms with Crippen molar-refractivity contribution in [1.82, 2.24) is 9.80 Å². The molecule has 0 unspecified atom stereocenters. The maximum absolute atomic E-state index is 12.3. The van der Waals surface area contributed by atoms with Gasteiger partial charge in [0.25, 0.3) is 5.91 Å². The van der Waals surface area contributed by atoms with Crippen molar-refractivity contribution in [3.63, 3.8) is 0 Å². The van der Waals surface area contributed by atoms with E-state index in [1.807, 2.05) is 43.0 Å². The topological polar surface area (TPSA) is 32.8 Å². The van der Waals surface area contributed by atoms with E-state index in [2.05, 4.69) is 11.9 Å². The predicted octanol–water partition coefficient (Wildman–Crippen LogP) is 1.54. The fourth-order valence-corrected chi connectivity index (χ4v) is 2.21. The third kappa shape index (κ3) is 3.47. The first-order chi connectivity index (χ1) is 9.08. The fourth-order valence-electron chi connectivity index (χ4n) is 2.21. The monoisotopic (exact) mass is 262 g/mol. The van der Waals surface area contributed by atoms with Crippen molar-refractivity contribution in [2.75, 3.05) is 33.2 Å². The van der Waals surface area contributed by atoms with Gasteiger partial charge in [-0.3, -0.25) is 4.79 Å². The number of benzene rings is 1. The van der Waals surface area contributed by atoms with Crippen molar-refractivity contribution in [2.45, 2.75) is 20.0 Å². The molecule has 1 aromatic carbocycles. The van der Waals surface area contributed by atoms with Crippen LogP contribution in [0.3, 0.4) is 0 Å². The van der Waals surface area contributed by atoms with Crippen LogP contribution in [-0.2, 0) is 4.79 Å². The number of amides is 1. The summed E-state index contributed by atoms with van der Waals surface area (Å²) in [5.41, 5.74) is 1.06. The highest BCUT2D eigenvalue weighted by molar-refractivity contribution is 5.81. The van der Waals surface area contributed by atoms with Crippen molar-refractivity contribution < 1.29 is 9.53 Å². The summed E-state index contributed by atoms with van der Waals surface area (Å²) in [7, 11) is 2.08. The van der Waals surface area contributed by atoms with Crippen LogP contribution in [0.4, 0.5) is 0 Å². The minimum atomic E-state index is -0.426. The van der Waals surface area contributed by atoms with Crippen molar-refractivity contribution in [3.05, 3.63) is 29.8 Å². The van der Waals surface area contributed by atoms with Crippen LogP contribution >= 0.6 is 0 Å². The molecule has 1 aliphatic heterocycles. The second-order valence-electron chi connectivity index (χ2n) is 5.15. The van der Waals surface area contributed by atoms with Gasteiger partial charge < -0.3 is 14.5 Å². The molecule has 0 spiro atoms. The lowest BCUT2D eigenvalue weighted by molar-refractivity contribution is -0.139. The number of carbonyl (C=O) groups excluding carboxylic acids is 1. The van der Waals surface area contributed by atoms with E-state index in [0.29, 0.717) is 0 Å². The van der Waals surface area contributed by atoms with Crippen molar-refractivity contribution in [1.29, 1.82) is 0 Å². The summed E-state index contributed by atoms with van der Waals surface area (Å²) in [6.07, 6.45) is -0.426. The van der Waals surface area contributed by atoms with Gasteiger partial charge >= 0.3 is 0 Å². The molecule has 1 heterocycles. The number of piperazine rings is 1. The molecule has 1 fully saturated rings. The highest BCUT2D eigenvalue weighted by atomic mass is 16.5. The lowest BCUT2D eigenvalue weighted by Gasteiger charge is -2.34. The number of nitrogens with zero attached hydrogens (tertiary/aromatic N) is 2. The molecule has 1 atom stereocenters. The number of rotatable bonds is 3. The largest absolute Gasteiger partial charge is 0.481 e. The molecule has 0 saturated carbocycles. The molecule has 1 amide bonds. The predicted molar refractivity (Wildman–Crippen MR) is 75.3 cm³/mol. The number of para-hydroxylation sites is 1. The Kier molecular flexibility index (Phi) is 4.43. The summed E-state index contributed by atoms with van der Waals surface area (Å²) >= 11 is 0. The van der Waals surface area contributed by atoms with Crippen LogP contribution in [0.5, 0.6) is 5.75 Å². The van der Waals surface area contributed by atoms with Crippen molar-refractivity contribution in [3.8, 4) is 5.75 Å². The molecular weight excluding hydrogens is 240 g/mol. The van der Waals surface area contributed by atoms with E-state index in [0.717, 1.165) is 37.5 Å². The highest BCUT2D eigenvalue weighted by Gasteiger charge is 2.25. The maximum atomic E-state index is 12.3. The molecule has 19 heavy (non-hydrogen) atoms. The van der Waals surface area contributed by atoms with Gasteiger partial charge in [0.05, 0.1) is 0 Å². The second kappa shape index (κ2) is 6.06. The van der Waals surface area contributed by atoms with Gasteiger partial charge in [0.1, 0.15) is 5.75 Å². The molecule has 0 bridgehead atoms. The Balaban J connectivity index is 1.94. The maximum Gasteiger partial charge on any atom is 0.263 e. The first kappa shape index (κ1) is 13.9. The van der Waals surface area contributed by atoms with Gasteiger partial charge in [-0.1, -0.05) is 18.2 Å². The first-order valence-electron chi connectivity index (χ1n) is 6.77. The summed E-state index contributed by atoms with van der Waals surface area (Å²) in [6.45, 7) is 7.26. The Morgan fingerprint density at radius 2 is 1.84 bits per heavy atom. The van der Waals surface area contributed by atoms with E-state index >= 15 is 0 Å². The lowest BCUT2D eigenvalue weighted by atomic mass is 10.2. The van der Waals surface area contributed by atoms with Gasteiger partial charge in [-0.05, 0) is 32.5 Å². The van der Waals surface area contributed by atoms with Crippen LogP contribution in [0.15, 0.2) is 24.3 Å². The third-order valence-corrected chi connectivity index (χ3v) is 3.56. The Hall–Kier alpha value is -1.55. The summed E-state index contributed by atoms with van der Waals surface area (Å²) < 4.78 is 5.78. The Labute approximate surface area is 115 Å². The molecule has 1 saturated heterocycles. The molecule has 1 aromatic rings. The van der Waals surface area contributed by atoms with Gasteiger partial charge in [0.15, 0.2) is 6.10 Å². The number of likely N-dealkylation sites (N-methyl/N-ethyl adjacent to an activating group) is 1. The number of aryl methyl sites for hydroxylation is 1. The van der Waals surface area contributed by atoms with E-state index < -0.39 is 6.10 Å². The summed E-state index contributed by atoms with van der Waals surface area (Å²) in [5, 5.41) is 0. The Morgan fingerprint density at radius 3 is 2.47 bits per heavy atom. The fraction of sp³-hybridized carbons (Fsp3) is 0.533. The molecule has 0 aromatic heterocycles. The Bertz CT molecular complexity index is 440. The van der Waals surface area contributed by atoms with Crippen molar-refractivity contribution >= 4 is 5.91 Å². The summed E-state index contributed by atoms with van der Waals surface area (Å²) in [6, 6.07) is 7.79. The van der Waals surface area contributed by atoms with Crippen LogP contribution in [0.1, 0.15) is 12.5 Å². The Morgan fingerprint density at radius 1 is 1.21 bits per heavy atom. The standard InChI is InChI=1S/C15H22N2O2/c1-12-6-4-5-7-14(12)19-13(2)15(18)17-10-8-16(3)9-11-17/h4-7,13H,8-11H2,1-3H3/t13-/m1/s1. The van der Waals surface area contributed by atoms with E-state index in [1.165, 1.54) is 0 Å². The molecule has 0 aliphatic carbocycles.